The van der Waals surface area contributed by atoms with Gasteiger partial charge in [-0.1, -0.05) is 48.7 Å². The fourth-order valence-electron chi connectivity index (χ4n) is 4.09. The lowest BCUT2D eigenvalue weighted by molar-refractivity contribution is 0.280. The lowest BCUT2D eigenvalue weighted by Crippen LogP contribution is -2.26. The number of benzene rings is 2. The summed E-state index contributed by atoms with van der Waals surface area (Å²) in [7, 11) is 0. The first-order valence-corrected chi connectivity index (χ1v) is 10.6. The van der Waals surface area contributed by atoms with Crippen molar-refractivity contribution in [3.05, 3.63) is 64.9 Å². The highest BCUT2D eigenvalue weighted by Gasteiger charge is 2.13. The summed E-state index contributed by atoms with van der Waals surface area (Å²) in [5, 5.41) is 0.784. The maximum absolute atomic E-state index is 6.05. The van der Waals surface area contributed by atoms with Crippen LogP contribution >= 0.6 is 11.6 Å². The van der Waals surface area contributed by atoms with E-state index in [0.717, 1.165) is 23.5 Å². The minimum Gasteiger partial charge on any atom is -0.323 e. The molecule has 0 unspecified atom stereocenters. The average molecular weight is 382 g/mol. The first kappa shape index (κ1) is 18.5. The molecule has 3 aromatic rings. The number of aryl methyl sites for hydroxylation is 1. The molecule has 1 aromatic heterocycles. The van der Waals surface area contributed by atoms with E-state index in [1.54, 1.807) is 0 Å². The van der Waals surface area contributed by atoms with E-state index in [1.165, 1.54) is 68.6 Å². The smallest absolute Gasteiger partial charge is 0.110 e. The number of halogens is 1. The molecule has 4 rings (SSSR count). The molecule has 2 aromatic carbocycles. The van der Waals surface area contributed by atoms with Gasteiger partial charge in [-0.25, -0.2) is 4.98 Å². The van der Waals surface area contributed by atoms with E-state index in [1.807, 2.05) is 12.1 Å². The molecule has 2 heterocycles. The lowest BCUT2D eigenvalue weighted by Gasteiger charge is -2.19. The SMILES string of the molecule is Clc1ccc(Cn2c(CCCN3CCCCCC3)nc3ccccc32)cc1. The highest BCUT2D eigenvalue weighted by Crippen LogP contribution is 2.20. The van der Waals surface area contributed by atoms with Gasteiger partial charge in [0.25, 0.3) is 0 Å². The first-order valence-electron chi connectivity index (χ1n) is 10.2. The van der Waals surface area contributed by atoms with Crippen LogP contribution < -0.4 is 0 Å². The van der Waals surface area contributed by atoms with Crippen molar-refractivity contribution in [3.63, 3.8) is 0 Å². The molecule has 0 spiro atoms. The van der Waals surface area contributed by atoms with E-state index in [9.17, 15) is 0 Å². The second kappa shape index (κ2) is 8.90. The summed E-state index contributed by atoms with van der Waals surface area (Å²) < 4.78 is 2.38. The molecule has 4 heteroatoms. The molecular weight excluding hydrogens is 354 g/mol. The molecule has 0 amide bonds. The monoisotopic (exact) mass is 381 g/mol. The summed E-state index contributed by atoms with van der Waals surface area (Å²) in [5.41, 5.74) is 3.57. The maximum atomic E-state index is 6.05. The Bertz CT molecular complexity index is 861. The van der Waals surface area contributed by atoms with Crippen molar-refractivity contribution in [3.8, 4) is 0 Å². The Morgan fingerprint density at radius 3 is 2.41 bits per heavy atom. The van der Waals surface area contributed by atoms with Gasteiger partial charge in [0.05, 0.1) is 11.0 Å². The highest BCUT2D eigenvalue weighted by molar-refractivity contribution is 6.30. The predicted molar refractivity (Wildman–Crippen MR) is 114 cm³/mol. The maximum Gasteiger partial charge on any atom is 0.110 e. The van der Waals surface area contributed by atoms with E-state index >= 15 is 0 Å². The van der Waals surface area contributed by atoms with Crippen LogP contribution in [-0.4, -0.2) is 34.1 Å². The molecule has 3 nitrogen and oxygen atoms in total. The van der Waals surface area contributed by atoms with Crippen LogP contribution in [0.15, 0.2) is 48.5 Å². The Kier molecular flexibility index (Phi) is 6.10. The van der Waals surface area contributed by atoms with Gasteiger partial charge in [0.2, 0.25) is 0 Å². The van der Waals surface area contributed by atoms with E-state index in [-0.39, 0.29) is 0 Å². The van der Waals surface area contributed by atoms with E-state index in [2.05, 4.69) is 45.9 Å². The number of likely N-dealkylation sites (tertiary alicyclic amines) is 1. The Morgan fingerprint density at radius 2 is 1.63 bits per heavy atom. The third kappa shape index (κ3) is 4.72. The van der Waals surface area contributed by atoms with Crippen LogP contribution in [0.1, 0.15) is 43.5 Å². The molecule has 142 valence electrons. The van der Waals surface area contributed by atoms with E-state index in [4.69, 9.17) is 16.6 Å². The van der Waals surface area contributed by atoms with Crippen molar-refractivity contribution in [2.45, 2.75) is 45.1 Å². The van der Waals surface area contributed by atoms with Gasteiger partial charge in [0.1, 0.15) is 5.82 Å². The number of imidazole rings is 1. The van der Waals surface area contributed by atoms with Gasteiger partial charge in [-0.15, -0.1) is 0 Å². The van der Waals surface area contributed by atoms with Crippen LogP contribution in [-0.2, 0) is 13.0 Å². The van der Waals surface area contributed by atoms with Gasteiger partial charge in [0, 0.05) is 18.0 Å². The number of para-hydroxylation sites is 2. The average Bonchev–Trinajstić information content (AvgIpc) is 2.84. The predicted octanol–water partition coefficient (Wildman–Crippen LogP) is 5.55. The number of hydrogen-bond donors (Lipinski definition) is 0. The second-order valence-electron chi connectivity index (χ2n) is 7.59. The van der Waals surface area contributed by atoms with E-state index in [0.29, 0.717) is 0 Å². The molecule has 0 saturated carbocycles. The van der Waals surface area contributed by atoms with Crippen LogP contribution in [0.25, 0.3) is 11.0 Å². The van der Waals surface area contributed by atoms with Crippen LogP contribution in [0.2, 0.25) is 5.02 Å². The first-order chi connectivity index (χ1) is 13.3. The fourth-order valence-corrected chi connectivity index (χ4v) is 4.21. The van der Waals surface area contributed by atoms with Crippen LogP contribution in [0.5, 0.6) is 0 Å². The molecule has 1 aliphatic heterocycles. The Morgan fingerprint density at radius 1 is 0.889 bits per heavy atom. The summed E-state index contributed by atoms with van der Waals surface area (Å²) >= 11 is 6.05. The van der Waals surface area contributed by atoms with Crippen molar-refractivity contribution in [2.24, 2.45) is 0 Å². The Balaban J connectivity index is 1.50. The van der Waals surface area contributed by atoms with Gasteiger partial charge >= 0.3 is 0 Å². The molecule has 1 aliphatic rings. The van der Waals surface area contributed by atoms with Gasteiger partial charge in [-0.3, -0.25) is 0 Å². The zero-order chi connectivity index (χ0) is 18.5. The molecule has 27 heavy (non-hydrogen) atoms. The Labute approximate surface area is 167 Å². The van der Waals surface area contributed by atoms with Crippen molar-refractivity contribution >= 4 is 22.6 Å². The summed E-state index contributed by atoms with van der Waals surface area (Å²) in [6, 6.07) is 16.6. The highest BCUT2D eigenvalue weighted by atomic mass is 35.5. The van der Waals surface area contributed by atoms with Gasteiger partial charge in [0.15, 0.2) is 0 Å². The van der Waals surface area contributed by atoms with Crippen molar-refractivity contribution in [1.82, 2.24) is 14.5 Å². The number of nitrogens with zero attached hydrogens (tertiary/aromatic N) is 3. The number of fused-ring (bicyclic) bond motifs is 1. The zero-order valence-corrected chi connectivity index (χ0v) is 16.7. The topological polar surface area (TPSA) is 21.1 Å². The van der Waals surface area contributed by atoms with Crippen molar-refractivity contribution in [2.75, 3.05) is 19.6 Å². The minimum atomic E-state index is 0.784. The minimum absolute atomic E-state index is 0.784. The molecule has 1 saturated heterocycles. The molecule has 1 fully saturated rings. The summed E-state index contributed by atoms with van der Waals surface area (Å²) in [4.78, 5) is 7.58. The molecule has 0 aliphatic carbocycles. The van der Waals surface area contributed by atoms with Gasteiger partial charge in [-0.2, -0.15) is 0 Å². The summed E-state index contributed by atoms with van der Waals surface area (Å²) in [5.74, 6) is 1.20. The quantitative estimate of drug-likeness (QED) is 0.558. The number of hydrogen-bond acceptors (Lipinski definition) is 2. The van der Waals surface area contributed by atoms with Crippen LogP contribution in [0, 0.1) is 0 Å². The third-order valence-corrected chi connectivity index (χ3v) is 5.81. The van der Waals surface area contributed by atoms with E-state index < -0.39 is 0 Å². The molecule has 0 radical (unpaired) electrons. The summed E-state index contributed by atoms with van der Waals surface area (Å²) in [6.07, 6.45) is 7.70. The second-order valence-corrected chi connectivity index (χ2v) is 8.03. The molecular formula is C23H28ClN3. The summed E-state index contributed by atoms with van der Waals surface area (Å²) in [6.45, 7) is 4.56. The molecule has 0 bridgehead atoms. The molecule has 0 N–H and O–H groups in total. The van der Waals surface area contributed by atoms with Gasteiger partial charge in [-0.05, 0) is 68.7 Å². The number of aromatic nitrogens is 2. The third-order valence-electron chi connectivity index (χ3n) is 5.56. The largest absolute Gasteiger partial charge is 0.323 e. The molecule has 0 atom stereocenters. The van der Waals surface area contributed by atoms with Crippen LogP contribution in [0.4, 0.5) is 0 Å². The zero-order valence-electron chi connectivity index (χ0n) is 15.9. The fraction of sp³-hybridized carbons (Fsp3) is 0.435. The van der Waals surface area contributed by atoms with Crippen molar-refractivity contribution < 1.29 is 0 Å². The van der Waals surface area contributed by atoms with Crippen LogP contribution in [0.3, 0.4) is 0 Å². The van der Waals surface area contributed by atoms with Crippen molar-refractivity contribution in [1.29, 1.82) is 0 Å². The standard InChI is InChI=1S/C23H28ClN3/c24-20-13-11-19(12-14-20)18-27-22-9-4-3-8-21(22)25-23(27)10-7-17-26-15-5-1-2-6-16-26/h3-4,8-9,11-14H,1-2,5-7,10,15-18H2. The normalized spacial score (nSPS) is 15.9. The van der Waals surface area contributed by atoms with Gasteiger partial charge < -0.3 is 9.47 Å². The Hall–Kier alpha value is -1.84. The number of rotatable bonds is 6. The lowest BCUT2D eigenvalue weighted by atomic mass is 10.2.